The van der Waals surface area contributed by atoms with E-state index in [0.29, 0.717) is 0 Å². The van der Waals surface area contributed by atoms with Crippen LogP contribution in [-0.4, -0.2) is 20.2 Å². The topological polar surface area (TPSA) is 64.2 Å². The number of benzene rings is 2. The molecule has 23 heavy (non-hydrogen) atoms. The van der Waals surface area contributed by atoms with Gasteiger partial charge >= 0.3 is 11.7 Å². The van der Waals surface area contributed by atoms with Gasteiger partial charge in [0.15, 0.2) is 0 Å². The van der Waals surface area contributed by atoms with E-state index in [2.05, 4.69) is 0 Å². The van der Waals surface area contributed by atoms with Gasteiger partial charge in [-0.1, -0.05) is 60.7 Å². The number of aromatic nitrogens is 2. The van der Waals surface area contributed by atoms with Crippen molar-refractivity contribution < 1.29 is 9.90 Å². The van der Waals surface area contributed by atoms with Crippen molar-refractivity contribution in [3.8, 4) is 0 Å². The Kier molecular flexibility index (Phi) is 4.10. The molecular formula is C18H16N2O3. The number of hydrogen-bond donors (Lipinski definition) is 1. The van der Waals surface area contributed by atoms with Gasteiger partial charge in [0.2, 0.25) is 0 Å². The lowest BCUT2D eigenvalue weighted by atomic mass is 9.99. The van der Waals surface area contributed by atoms with E-state index in [1.54, 1.807) is 10.8 Å². The first-order valence-corrected chi connectivity index (χ1v) is 7.26. The highest BCUT2D eigenvalue weighted by Crippen LogP contribution is 2.25. The summed E-state index contributed by atoms with van der Waals surface area (Å²) in [6.45, 7) is -0.345. The van der Waals surface area contributed by atoms with E-state index in [-0.39, 0.29) is 18.3 Å². The monoisotopic (exact) mass is 308 g/mol. The minimum atomic E-state index is -1.04. The molecule has 116 valence electrons. The van der Waals surface area contributed by atoms with E-state index in [4.69, 9.17) is 5.11 Å². The molecule has 1 N–H and O–H groups in total. The summed E-state index contributed by atoms with van der Waals surface area (Å²) in [5.41, 5.74) is 1.59. The molecule has 0 atom stereocenters. The number of aliphatic carboxylic acids is 1. The molecule has 0 saturated carbocycles. The van der Waals surface area contributed by atoms with Gasteiger partial charge in [0.05, 0.1) is 6.04 Å². The third kappa shape index (κ3) is 3.08. The summed E-state index contributed by atoms with van der Waals surface area (Å²) < 4.78 is 2.76. The molecule has 1 heterocycles. The molecule has 0 amide bonds. The molecule has 2 aromatic carbocycles. The Hall–Kier alpha value is -3.08. The molecule has 1 aromatic heterocycles. The maximum atomic E-state index is 12.6. The fourth-order valence-electron chi connectivity index (χ4n) is 2.68. The molecule has 0 spiro atoms. The third-order valence-corrected chi connectivity index (χ3v) is 3.69. The third-order valence-electron chi connectivity index (χ3n) is 3.69. The smallest absolute Gasteiger partial charge is 0.329 e. The average molecular weight is 308 g/mol. The van der Waals surface area contributed by atoms with Crippen LogP contribution in [0.2, 0.25) is 0 Å². The molecule has 0 bridgehead atoms. The van der Waals surface area contributed by atoms with E-state index in [9.17, 15) is 9.59 Å². The molecule has 0 saturated heterocycles. The summed E-state index contributed by atoms with van der Waals surface area (Å²) in [6.07, 6.45) is 3.14. The molecule has 0 radical (unpaired) electrons. The van der Waals surface area contributed by atoms with Gasteiger partial charge in [-0.25, -0.2) is 4.79 Å². The van der Waals surface area contributed by atoms with E-state index >= 15 is 0 Å². The van der Waals surface area contributed by atoms with Gasteiger partial charge in [0, 0.05) is 12.4 Å². The fraction of sp³-hybridized carbons (Fsp3) is 0.111. The fourth-order valence-corrected chi connectivity index (χ4v) is 2.68. The Morgan fingerprint density at radius 1 is 0.913 bits per heavy atom. The van der Waals surface area contributed by atoms with Crippen LogP contribution in [0.3, 0.4) is 0 Å². The molecule has 0 fully saturated rings. The van der Waals surface area contributed by atoms with Gasteiger partial charge in [-0.05, 0) is 11.1 Å². The van der Waals surface area contributed by atoms with Gasteiger partial charge in [0.1, 0.15) is 6.54 Å². The molecule has 5 heteroatoms. The van der Waals surface area contributed by atoms with Crippen molar-refractivity contribution in [2.24, 2.45) is 0 Å². The van der Waals surface area contributed by atoms with Crippen molar-refractivity contribution in [1.82, 2.24) is 9.13 Å². The second kappa shape index (κ2) is 6.36. The van der Waals surface area contributed by atoms with Gasteiger partial charge in [-0.3, -0.25) is 13.9 Å². The lowest BCUT2D eigenvalue weighted by molar-refractivity contribution is -0.137. The summed E-state index contributed by atoms with van der Waals surface area (Å²) in [5.74, 6) is -1.04. The van der Waals surface area contributed by atoms with Crippen molar-refractivity contribution in [2.75, 3.05) is 0 Å². The highest BCUT2D eigenvalue weighted by molar-refractivity contribution is 5.66. The maximum Gasteiger partial charge on any atom is 0.329 e. The van der Waals surface area contributed by atoms with Crippen molar-refractivity contribution in [2.45, 2.75) is 12.6 Å². The zero-order valence-electron chi connectivity index (χ0n) is 12.4. The van der Waals surface area contributed by atoms with Crippen LogP contribution in [0.5, 0.6) is 0 Å². The summed E-state index contributed by atoms with van der Waals surface area (Å²) in [4.78, 5) is 23.4. The predicted molar refractivity (Wildman–Crippen MR) is 86.5 cm³/mol. The van der Waals surface area contributed by atoms with E-state index in [1.807, 2.05) is 60.7 Å². The second-order valence-corrected chi connectivity index (χ2v) is 5.23. The van der Waals surface area contributed by atoms with Gasteiger partial charge in [-0.2, -0.15) is 0 Å². The van der Waals surface area contributed by atoms with Crippen LogP contribution in [0, 0.1) is 0 Å². The molecule has 0 unspecified atom stereocenters. The number of nitrogens with zero attached hydrogens (tertiary/aromatic N) is 2. The number of carbonyl (C=O) groups is 1. The van der Waals surface area contributed by atoms with Crippen molar-refractivity contribution in [1.29, 1.82) is 0 Å². The maximum absolute atomic E-state index is 12.6. The molecule has 0 aliphatic heterocycles. The van der Waals surface area contributed by atoms with Crippen LogP contribution in [0.4, 0.5) is 0 Å². The highest BCUT2D eigenvalue weighted by atomic mass is 16.4. The SMILES string of the molecule is O=C(O)Cn1ccn(C(c2ccccc2)c2ccccc2)c1=O. The first-order chi connectivity index (χ1) is 11.2. The molecule has 0 aliphatic rings. The van der Waals surface area contributed by atoms with E-state index in [0.717, 1.165) is 11.1 Å². The minimum Gasteiger partial charge on any atom is -0.480 e. The number of carboxylic acid groups (broad SMARTS) is 1. The Morgan fingerprint density at radius 3 is 1.91 bits per heavy atom. The molecular weight excluding hydrogens is 292 g/mol. The molecule has 0 aliphatic carbocycles. The van der Waals surface area contributed by atoms with Crippen molar-refractivity contribution in [3.05, 3.63) is 94.7 Å². The van der Waals surface area contributed by atoms with Crippen LogP contribution >= 0.6 is 0 Å². The Morgan fingerprint density at radius 2 is 1.43 bits per heavy atom. The van der Waals surface area contributed by atoms with Crippen LogP contribution in [-0.2, 0) is 11.3 Å². The zero-order valence-corrected chi connectivity index (χ0v) is 12.4. The number of imidazole rings is 1. The van der Waals surface area contributed by atoms with Crippen molar-refractivity contribution >= 4 is 5.97 Å². The standard InChI is InChI=1S/C18H16N2O3/c21-16(22)13-19-11-12-20(18(19)23)17(14-7-3-1-4-8-14)15-9-5-2-6-10-15/h1-12,17H,13H2,(H,21,22). The summed E-state index contributed by atoms with van der Waals surface area (Å²) in [7, 11) is 0. The first kappa shape index (κ1) is 14.8. The molecule has 5 nitrogen and oxygen atoms in total. The van der Waals surface area contributed by atoms with Crippen LogP contribution in [0.1, 0.15) is 17.2 Å². The summed E-state index contributed by atoms with van der Waals surface area (Å²) in [5, 5.41) is 8.90. The van der Waals surface area contributed by atoms with Crippen LogP contribution in [0.15, 0.2) is 77.9 Å². The van der Waals surface area contributed by atoms with Gasteiger partial charge in [-0.15, -0.1) is 0 Å². The average Bonchev–Trinajstić information content (AvgIpc) is 2.90. The highest BCUT2D eigenvalue weighted by Gasteiger charge is 2.19. The minimum absolute atomic E-state index is 0.292. The summed E-state index contributed by atoms with van der Waals surface area (Å²) in [6, 6.07) is 19.1. The number of rotatable bonds is 5. The summed E-state index contributed by atoms with van der Waals surface area (Å²) >= 11 is 0. The van der Waals surface area contributed by atoms with Gasteiger partial charge < -0.3 is 5.11 Å². The number of hydrogen-bond acceptors (Lipinski definition) is 2. The predicted octanol–water partition coefficient (Wildman–Crippen LogP) is 2.37. The Balaban J connectivity index is 2.12. The molecule has 3 rings (SSSR count). The lowest BCUT2D eigenvalue weighted by Crippen LogP contribution is -2.30. The van der Waals surface area contributed by atoms with Crippen molar-refractivity contribution in [3.63, 3.8) is 0 Å². The lowest BCUT2D eigenvalue weighted by Gasteiger charge is -2.19. The van der Waals surface area contributed by atoms with Crippen LogP contribution < -0.4 is 5.69 Å². The van der Waals surface area contributed by atoms with Crippen LogP contribution in [0.25, 0.3) is 0 Å². The second-order valence-electron chi connectivity index (χ2n) is 5.23. The Labute approximate surface area is 133 Å². The van der Waals surface area contributed by atoms with Gasteiger partial charge in [0.25, 0.3) is 0 Å². The largest absolute Gasteiger partial charge is 0.480 e. The zero-order chi connectivity index (χ0) is 16.2. The first-order valence-electron chi connectivity index (χ1n) is 7.26. The van der Waals surface area contributed by atoms with E-state index in [1.165, 1.54) is 10.8 Å². The van der Waals surface area contributed by atoms with E-state index < -0.39 is 5.97 Å². The normalized spacial score (nSPS) is 10.8. The number of carboxylic acids is 1. The molecule has 3 aromatic rings. The quantitative estimate of drug-likeness (QED) is 0.787. The Bertz CT molecular complexity index is 811.